The molecule has 5 nitrogen and oxygen atoms in total. The number of halogens is 1. The summed E-state index contributed by atoms with van der Waals surface area (Å²) in [5.41, 5.74) is 0.987. The Labute approximate surface area is 121 Å². The standard InChI is InChI=1S/C13H17BrN2O3/c1-18-12(19-2)9-16-13(17)15-7-6-10-4-3-5-11(14)8-10/h3-8,12H,9H2,1-2H3,(H2,15,16,17)/b7-6+. The van der Waals surface area contributed by atoms with Crippen molar-refractivity contribution in [1.82, 2.24) is 10.6 Å². The van der Waals surface area contributed by atoms with Crippen LogP contribution in [0.25, 0.3) is 6.08 Å². The van der Waals surface area contributed by atoms with Gasteiger partial charge in [0.2, 0.25) is 0 Å². The summed E-state index contributed by atoms with van der Waals surface area (Å²) >= 11 is 3.38. The van der Waals surface area contributed by atoms with Crippen LogP contribution >= 0.6 is 15.9 Å². The summed E-state index contributed by atoms with van der Waals surface area (Å²) in [6.07, 6.45) is 2.93. The van der Waals surface area contributed by atoms with Gasteiger partial charge >= 0.3 is 6.03 Å². The van der Waals surface area contributed by atoms with Crippen molar-refractivity contribution >= 4 is 28.0 Å². The summed E-state index contributed by atoms with van der Waals surface area (Å²) in [6, 6.07) is 7.43. The molecule has 0 saturated carbocycles. The van der Waals surface area contributed by atoms with Crippen LogP contribution in [0.2, 0.25) is 0 Å². The predicted molar refractivity (Wildman–Crippen MR) is 77.5 cm³/mol. The van der Waals surface area contributed by atoms with Gasteiger partial charge in [0.05, 0.1) is 6.54 Å². The molecule has 19 heavy (non-hydrogen) atoms. The average Bonchev–Trinajstić information content (AvgIpc) is 2.40. The van der Waals surface area contributed by atoms with Gasteiger partial charge in [-0.1, -0.05) is 28.1 Å². The molecule has 1 aromatic rings. The van der Waals surface area contributed by atoms with Crippen LogP contribution in [0, 0.1) is 0 Å². The fourth-order valence-corrected chi connectivity index (χ4v) is 1.73. The fraction of sp³-hybridized carbons (Fsp3) is 0.308. The summed E-state index contributed by atoms with van der Waals surface area (Å²) in [5.74, 6) is 0. The zero-order valence-electron chi connectivity index (χ0n) is 10.9. The van der Waals surface area contributed by atoms with Crippen molar-refractivity contribution in [2.75, 3.05) is 20.8 Å². The molecule has 1 aromatic carbocycles. The van der Waals surface area contributed by atoms with E-state index in [1.165, 1.54) is 14.2 Å². The zero-order valence-corrected chi connectivity index (χ0v) is 12.4. The first kappa shape index (κ1) is 15.7. The Bertz CT molecular complexity index is 434. The topological polar surface area (TPSA) is 59.6 Å². The second kappa shape index (κ2) is 8.68. The second-order valence-electron chi connectivity index (χ2n) is 3.64. The molecule has 0 atom stereocenters. The van der Waals surface area contributed by atoms with Crippen LogP contribution in [-0.4, -0.2) is 33.1 Å². The molecule has 0 heterocycles. The largest absolute Gasteiger partial charge is 0.354 e. The molecular formula is C13H17BrN2O3. The number of rotatable bonds is 6. The highest BCUT2D eigenvalue weighted by molar-refractivity contribution is 9.10. The van der Waals surface area contributed by atoms with E-state index in [2.05, 4.69) is 26.6 Å². The number of hydrogen-bond donors (Lipinski definition) is 2. The minimum atomic E-state index is -0.445. The van der Waals surface area contributed by atoms with Gasteiger partial charge in [0.25, 0.3) is 0 Å². The first-order chi connectivity index (χ1) is 9.15. The molecule has 0 aromatic heterocycles. The lowest BCUT2D eigenvalue weighted by Crippen LogP contribution is -2.38. The number of amides is 2. The second-order valence-corrected chi connectivity index (χ2v) is 4.56. The van der Waals surface area contributed by atoms with Gasteiger partial charge in [-0.05, 0) is 23.8 Å². The van der Waals surface area contributed by atoms with E-state index in [0.717, 1.165) is 10.0 Å². The average molecular weight is 329 g/mol. The van der Waals surface area contributed by atoms with Crippen molar-refractivity contribution in [3.63, 3.8) is 0 Å². The van der Waals surface area contributed by atoms with Gasteiger partial charge in [-0.15, -0.1) is 0 Å². The van der Waals surface area contributed by atoms with Crippen molar-refractivity contribution in [3.05, 3.63) is 40.5 Å². The van der Waals surface area contributed by atoms with Crippen LogP contribution in [0.1, 0.15) is 5.56 Å². The Morgan fingerprint density at radius 2 is 2.16 bits per heavy atom. The van der Waals surface area contributed by atoms with E-state index >= 15 is 0 Å². The van der Waals surface area contributed by atoms with Crippen molar-refractivity contribution in [2.45, 2.75) is 6.29 Å². The fourth-order valence-electron chi connectivity index (χ4n) is 1.31. The van der Waals surface area contributed by atoms with Crippen LogP contribution in [0.5, 0.6) is 0 Å². The Morgan fingerprint density at radius 3 is 2.79 bits per heavy atom. The van der Waals surface area contributed by atoms with Crippen LogP contribution in [0.3, 0.4) is 0 Å². The van der Waals surface area contributed by atoms with Gasteiger partial charge in [-0.3, -0.25) is 0 Å². The maximum Gasteiger partial charge on any atom is 0.318 e. The smallest absolute Gasteiger partial charge is 0.318 e. The van der Waals surface area contributed by atoms with Crippen LogP contribution in [-0.2, 0) is 9.47 Å². The Hall–Kier alpha value is -1.37. The molecule has 0 aliphatic rings. The van der Waals surface area contributed by atoms with Gasteiger partial charge in [-0.25, -0.2) is 4.79 Å². The van der Waals surface area contributed by atoms with Crippen molar-refractivity contribution in [3.8, 4) is 0 Å². The minimum absolute atomic E-state index is 0.281. The van der Waals surface area contributed by atoms with Crippen molar-refractivity contribution in [2.24, 2.45) is 0 Å². The molecule has 0 radical (unpaired) electrons. The van der Waals surface area contributed by atoms with Gasteiger partial charge in [0.15, 0.2) is 6.29 Å². The highest BCUT2D eigenvalue weighted by Crippen LogP contribution is 2.12. The molecule has 0 aliphatic heterocycles. The third kappa shape index (κ3) is 6.37. The molecule has 104 valence electrons. The normalized spacial score (nSPS) is 10.9. The number of methoxy groups -OCH3 is 2. The molecule has 1 rings (SSSR count). The number of nitrogens with one attached hydrogen (secondary N) is 2. The highest BCUT2D eigenvalue weighted by atomic mass is 79.9. The maximum absolute atomic E-state index is 11.4. The van der Waals surface area contributed by atoms with Crippen LogP contribution in [0.4, 0.5) is 4.79 Å². The van der Waals surface area contributed by atoms with Gasteiger partial charge < -0.3 is 20.1 Å². The van der Waals surface area contributed by atoms with Gasteiger partial charge in [0, 0.05) is 24.9 Å². The molecule has 0 fully saturated rings. The van der Waals surface area contributed by atoms with Gasteiger partial charge in [0.1, 0.15) is 0 Å². The first-order valence-electron chi connectivity index (χ1n) is 5.67. The van der Waals surface area contributed by atoms with Gasteiger partial charge in [-0.2, -0.15) is 0 Å². The summed E-state index contributed by atoms with van der Waals surface area (Å²) < 4.78 is 10.9. The number of carbonyl (C=O) groups excluding carboxylic acids is 1. The maximum atomic E-state index is 11.4. The molecular weight excluding hydrogens is 312 g/mol. The Morgan fingerprint density at radius 1 is 1.42 bits per heavy atom. The molecule has 2 amide bonds. The molecule has 0 spiro atoms. The minimum Gasteiger partial charge on any atom is -0.354 e. The number of benzene rings is 1. The zero-order chi connectivity index (χ0) is 14.1. The van der Waals surface area contributed by atoms with E-state index in [9.17, 15) is 4.79 Å². The van der Waals surface area contributed by atoms with Crippen molar-refractivity contribution in [1.29, 1.82) is 0 Å². The van der Waals surface area contributed by atoms with Crippen LogP contribution in [0.15, 0.2) is 34.9 Å². The summed E-state index contributed by atoms with van der Waals surface area (Å²) in [5, 5.41) is 5.22. The van der Waals surface area contributed by atoms with E-state index < -0.39 is 6.29 Å². The molecule has 0 unspecified atom stereocenters. The summed E-state index contributed by atoms with van der Waals surface area (Å²) in [7, 11) is 3.03. The lowest BCUT2D eigenvalue weighted by molar-refractivity contribution is -0.0971. The van der Waals surface area contributed by atoms with E-state index in [-0.39, 0.29) is 12.6 Å². The Balaban J connectivity index is 2.34. The summed E-state index contributed by atoms with van der Waals surface area (Å²) in [4.78, 5) is 11.4. The van der Waals surface area contributed by atoms with E-state index in [4.69, 9.17) is 9.47 Å². The molecule has 0 bridgehead atoms. The quantitative estimate of drug-likeness (QED) is 0.788. The number of hydrogen-bond acceptors (Lipinski definition) is 3. The number of urea groups is 1. The van der Waals surface area contributed by atoms with E-state index in [0.29, 0.717) is 0 Å². The third-order valence-electron chi connectivity index (χ3n) is 2.29. The van der Waals surface area contributed by atoms with E-state index in [1.54, 1.807) is 12.3 Å². The van der Waals surface area contributed by atoms with Crippen molar-refractivity contribution < 1.29 is 14.3 Å². The molecule has 6 heteroatoms. The SMILES string of the molecule is COC(CNC(=O)N/C=C/c1cccc(Br)c1)OC. The lowest BCUT2D eigenvalue weighted by Gasteiger charge is -2.13. The molecule has 0 saturated heterocycles. The molecule has 2 N–H and O–H groups in total. The third-order valence-corrected chi connectivity index (χ3v) is 2.79. The lowest BCUT2D eigenvalue weighted by atomic mass is 10.2. The molecule has 0 aliphatic carbocycles. The monoisotopic (exact) mass is 328 g/mol. The number of carbonyl (C=O) groups is 1. The van der Waals surface area contributed by atoms with Crippen LogP contribution < -0.4 is 10.6 Å². The number of ether oxygens (including phenoxy) is 2. The predicted octanol–water partition coefficient (Wildman–Crippen LogP) is 2.34. The highest BCUT2D eigenvalue weighted by Gasteiger charge is 2.05. The Kier molecular flexibility index (Phi) is 7.17. The summed E-state index contributed by atoms with van der Waals surface area (Å²) in [6.45, 7) is 0.281. The first-order valence-corrected chi connectivity index (χ1v) is 6.47. The van der Waals surface area contributed by atoms with E-state index in [1.807, 2.05) is 24.3 Å².